The summed E-state index contributed by atoms with van der Waals surface area (Å²) in [6.07, 6.45) is 1.90. The summed E-state index contributed by atoms with van der Waals surface area (Å²) in [6.45, 7) is 3.76. The van der Waals surface area contributed by atoms with Crippen molar-refractivity contribution < 1.29 is 9.72 Å². The van der Waals surface area contributed by atoms with Crippen LogP contribution in [0.3, 0.4) is 0 Å². The molecule has 0 saturated carbocycles. The maximum absolute atomic E-state index is 12.6. The van der Waals surface area contributed by atoms with Crippen molar-refractivity contribution in [1.29, 1.82) is 0 Å². The summed E-state index contributed by atoms with van der Waals surface area (Å²) in [6, 6.07) is 11.4. The van der Waals surface area contributed by atoms with Crippen molar-refractivity contribution in [1.82, 2.24) is 19.7 Å². The standard InChI is InChI=1S/C18H19N5O3/c1-12(2)19-18(24)17-11-15(16-5-4-10-21(16)3)20-22(17)13-6-8-14(9-7-13)23(25)26/h4-12H,1-3H3,(H,19,24). The highest BCUT2D eigenvalue weighted by Gasteiger charge is 2.19. The molecule has 134 valence electrons. The summed E-state index contributed by atoms with van der Waals surface area (Å²) >= 11 is 0. The first kappa shape index (κ1) is 17.4. The number of nitro benzene ring substituents is 1. The molecule has 0 atom stereocenters. The first-order valence-electron chi connectivity index (χ1n) is 8.14. The van der Waals surface area contributed by atoms with E-state index in [4.69, 9.17) is 0 Å². The van der Waals surface area contributed by atoms with E-state index in [9.17, 15) is 14.9 Å². The van der Waals surface area contributed by atoms with Crippen molar-refractivity contribution in [2.24, 2.45) is 7.05 Å². The molecule has 0 fully saturated rings. The molecule has 2 heterocycles. The van der Waals surface area contributed by atoms with Gasteiger partial charge in [-0.3, -0.25) is 14.9 Å². The van der Waals surface area contributed by atoms with Crippen LogP contribution in [0.1, 0.15) is 24.3 Å². The van der Waals surface area contributed by atoms with Crippen LogP contribution in [-0.4, -0.2) is 31.2 Å². The van der Waals surface area contributed by atoms with Gasteiger partial charge in [0.05, 0.1) is 16.3 Å². The molecule has 3 aromatic rings. The number of hydrogen-bond donors (Lipinski definition) is 1. The normalized spacial score (nSPS) is 10.9. The Labute approximate surface area is 150 Å². The molecule has 1 N–H and O–H groups in total. The predicted octanol–water partition coefficient (Wildman–Crippen LogP) is 2.92. The molecule has 0 spiro atoms. The largest absolute Gasteiger partial charge is 0.349 e. The van der Waals surface area contributed by atoms with Crippen molar-refractivity contribution in [3.05, 3.63) is 64.5 Å². The van der Waals surface area contributed by atoms with E-state index in [1.165, 1.54) is 16.8 Å². The highest BCUT2D eigenvalue weighted by Crippen LogP contribution is 2.23. The zero-order chi connectivity index (χ0) is 18.8. The van der Waals surface area contributed by atoms with Crippen LogP contribution >= 0.6 is 0 Å². The zero-order valence-corrected chi connectivity index (χ0v) is 14.7. The minimum absolute atomic E-state index is 0.0169. The number of carbonyl (C=O) groups excluding carboxylic acids is 1. The lowest BCUT2D eigenvalue weighted by atomic mass is 10.2. The number of rotatable bonds is 5. The second-order valence-corrected chi connectivity index (χ2v) is 6.23. The summed E-state index contributed by atoms with van der Waals surface area (Å²) in [5.74, 6) is -0.258. The smallest absolute Gasteiger partial charge is 0.270 e. The zero-order valence-electron chi connectivity index (χ0n) is 14.7. The highest BCUT2D eigenvalue weighted by atomic mass is 16.6. The van der Waals surface area contributed by atoms with Crippen LogP contribution < -0.4 is 5.32 Å². The summed E-state index contributed by atoms with van der Waals surface area (Å²) in [7, 11) is 1.90. The molecule has 0 saturated heterocycles. The summed E-state index contributed by atoms with van der Waals surface area (Å²) in [5.41, 5.74) is 2.43. The van der Waals surface area contributed by atoms with Crippen LogP contribution in [0.5, 0.6) is 0 Å². The Kier molecular flexibility index (Phi) is 4.57. The van der Waals surface area contributed by atoms with Gasteiger partial charge in [-0.25, -0.2) is 4.68 Å². The fourth-order valence-electron chi connectivity index (χ4n) is 2.64. The Balaban J connectivity index is 2.09. The molecule has 8 heteroatoms. The number of hydrogen-bond acceptors (Lipinski definition) is 4. The average molecular weight is 353 g/mol. The molecule has 1 aromatic carbocycles. The Hall–Kier alpha value is -3.42. The third kappa shape index (κ3) is 3.34. The third-order valence-electron chi connectivity index (χ3n) is 3.87. The number of benzene rings is 1. The first-order valence-corrected chi connectivity index (χ1v) is 8.14. The third-order valence-corrected chi connectivity index (χ3v) is 3.87. The van der Waals surface area contributed by atoms with Gasteiger partial charge in [0.15, 0.2) is 0 Å². The molecule has 0 bridgehead atoms. The van der Waals surface area contributed by atoms with Gasteiger partial charge >= 0.3 is 0 Å². The van der Waals surface area contributed by atoms with Crippen molar-refractivity contribution in [2.75, 3.05) is 0 Å². The number of carbonyl (C=O) groups is 1. The van der Waals surface area contributed by atoms with Gasteiger partial charge in [-0.2, -0.15) is 5.10 Å². The van der Waals surface area contributed by atoms with Crippen LogP contribution in [0.4, 0.5) is 5.69 Å². The number of non-ortho nitro benzene ring substituents is 1. The van der Waals surface area contributed by atoms with E-state index in [0.29, 0.717) is 17.1 Å². The Morgan fingerprint density at radius 2 is 1.92 bits per heavy atom. The molecule has 0 aliphatic carbocycles. The second-order valence-electron chi connectivity index (χ2n) is 6.23. The van der Waals surface area contributed by atoms with Gasteiger partial charge in [0.25, 0.3) is 11.6 Å². The summed E-state index contributed by atoms with van der Waals surface area (Å²) in [5, 5.41) is 18.3. The number of nitro groups is 1. The van der Waals surface area contributed by atoms with Crippen molar-refractivity contribution in [2.45, 2.75) is 19.9 Å². The average Bonchev–Trinajstić information content (AvgIpc) is 3.20. The fraction of sp³-hybridized carbons (Fsp3) is 0.222. The van der Waals surface area contributed by atoms with E-state index in [0.717, 1.165) is 5.69 Å². The molecule has 1 amide bonds. The maximum Gasteiger partial charge on any atom is 0.270 e. The summed E-state index contributed by atoms with van der Waals surface area (Å²) < 4.78 is 3.41. The van der Waals surface area contributed by atoms with Gasteiger partial charge < -0.3 is 9.88 Å². The summed E-state index contributed by atoms with van der Waals surface area (Å²) in [4.78, 5) is 23.0. The van der Waals surface area contributed by atoms with E-state index < -0.39 is 4.92 Å². The van der Waals surface area contributed by atoms with E-state index in [1.807, 2.05) is 43.8 Å². The van der Waals surface area contributed by atoms with Crippen LogP contribution in [0.15, 0.2) is 48.7 Å². The molecular formula is C18H19N5O3. The highest BCUT2D eigenvalue weighted by molar-refractivity contribution is 5.94. The van der Waals surface area contributed by atoms with Crippen LogP contribution in [-0.2, 0) is 7.05 Å². The molecule has 2 aromatic heterocycles. The van der Waals surface area contributed by atoms with Crippen LogP contribution in [0.2, 0.25) is 0 Å². The van der Waals surface area contributed by atoms with Crippen LogP contribution in [0, 0.1) is 10.1 Å². The Morgan fingerprint density at radius 1 is 1.23 bits per heavy atom. The maximum atomic E-state index is 12.6. The number of nitrogens with one attached hydrogen (secondary N) is 1. The quantitative estimate of drug-likeness (QED) is 0.563. The molecular weight excluding hydrogens is 334 g/mol. The molecule has 0 unspecified atom stereocenters. The number of amides is 1. The SMILES string of the molecule is CC(C)NC(=O)c1cc(-c2cccn2C)nn1-c1ccc([N+](=O)[O-])cc1. The predicted molar refractivity (Wildman–Crippen MR) is 97.2 cm³/mol. The number of aryl methyl sites for hydroxylation is 1. The lowest BCUT2D eigenvalue weighted by Gasteiger charge is -2.10. The minimum atomic E-state index is -0.464. The van der Waals surface area contributed by atoms with Gasteiger partial charge in [0.2, 0.25) is 0 Å². The van der Waals surface area contributed by atoms with Gasteiger partial charge in [-0.05, 0) is 44.2 Å². The van der Waals surface area contributed by atoms with Crippen LogP contribution in [0.25, 0.3) is 17.1 Å². The number of nitrogens with zero attached hydrogens (tertiary/aromatic N) is 4. The van der Waals surface area contributed by atoms with Gasteiger partial charge in [0.1, 0.15) is 11.4 Å². The van der Waals surface area contributed by atoms with E-state index in [-0.39, 0.29) is 17.6 Å². The molecule has 3 rings (SSSR count). The monoisotopic (exact) mass is 353 g/mol. The van der Waals surface area contributed by atoms with Gasteiger partial charge in [-0.1, -0.05) is 0 Å². The lowest BCUT2D eigenvalue weighted by molar-refractivity contribution is -0.384. The van der Waals surface area contributed by atoms with Crippen molar-refractivity contribution in [3.63, 3.8) is 0 Å². The number of aromatic nitrogens is 3. The second kappa shape index (κ2) is 6.83. The first-order chi connectivity index (χ1) is 12.4. The minimum Gasteiger partial charge on any atom is -0.349 e. The topological polar surface area (TPSA) is 95.0 Å². The van der Waals surface area contributed by atoms with E-state index in [2.05, 4.69) is 10.4 Å². The molecule has 0 aliphatic heterocycles. The fourth-order valence-corrected chi connectivity index (χ4v) is 2.64. The van der Waals surface area contributed by atoms with Crippen molar-refractivity contribution >= 4 is 11.6 Å². The van der Waals surface area contributed by atoms with Gasteiger partial charge in [0, 0.05) is 31.4 Å². The van der Waals surface area contributed by atoms with E-state index >= 15 is 0 Å². The molecule has 0 radical (unpaired) electrons. The molecule has 8 nitrogen and oxygen atoms in total. The van der Waals surface area contributed by atoms with Crippen molar-refractivity contribution in [3.8, 4) is 17.1 Å². The van der Waals surface area contributed by atoms with Gasteiger partial charge in [-0.15, -0.1) is 0 Å². The molecule has 26 heavy (non-hydrogen) atoms. The Morgan fingerprint density at radius 3 is 2.46 bits per heavy atom. The molecule has 0 aliphatic rings. The van der Waals surface area contributed by atoms with E-state index in [1.54, 1.807) is 18.2 Å². The lowest BCUT2D eigenvalue weighted by Crippen LogP contribution is -2.31. The Bertz CT molecular complexity index is 954.